The highest BCUT2D eigenvalue weighted by atomic mass is 79.9. The topological polar surface area (TPSA) is 52.4 Å². The van der Waals surface area contributed by atoms with Crippen LogP contribution < -0.4 is 4.74 Å². The zero-order valence-electron chi connectivity index (χ0n) is 10.7. The molecule has 0 N–H and O–H groups in total. The van der Waals surface area contributed by atoms with Gasteiger partial charge in [0.05, 0.1) is 17.6 Å². The maximum absolute atomic E-state index is 11.3. The van der Waals surface area contributed by atoms with Crippen molar-refractivity contribution in [2.24, 2.45) is 0 Å². The molecule has 0 aliphatic carbocycles. The first kappa shape index (κ1) is 14.3. The molecule has 5 heteroatoms. The number of rotatable bonds is 4. The van der Waals surface area contributed by atoms with Gasteiger partial charge in [-0.05, 0) is 35.9 Å². The monoisotopic (exact) mass is 333 g/mol. The van der Waals surface area contributed by atoms with Crippen LogP contribution in [0.4, 0.5) is 0 Å². The molecule has 0 fully saturated rings. The molecule has 0 aromatic heterocycles. The second kappa shape index (κ2) is 6.34. The summed E-state index contributed by atoms with van der Waals surface area (Å²) in [4.78, 5) is 10.9. The van der Waals surface area contributed by atoms with E-state index in [0.29, 0.717) is 16.9 Å². The molecule has 0 saturated carbocycles. The number of nitro groups is 1. The Kier molecular flexibility index (Phi) is 4.53. The van der Waals surface area contributed by atoms with Crippen LogP contribution >= 0.6 is 15.9 Å². The smallest absolute Gasteiger partial charge is 0.277 e. The molecule has 20 heavy (non-hydrogen) atoms. The minimum Gasteiger partial charge on any atom is -0.497 e. The number of halogens is 1. The van der Waals surface area contributed by atoms with Crippen molar-refractivity contribution < 1.29 is 9.66 Å². The number of ether oxygens (including phenoxy) is 1. The summed E-state index contributed by atoms with van der Waals surface area (Å²) in [5, 5.41) is 11.3. The molecule has 102 valence electrons. The van der Waals surface area contributed by atoms with Crippen LogP contribution in [0.25, 0.3) is 11.8 Å². The maximum Gasteiger partial charge on any atom is 0.277 e. The van der Waals surface area contributed by atoms with Crippen LogP contribution in [0.5, 0.6) is 5.75 Å². The Balaban J connectivity index is 2.52. The van der Waals surface area contributed by atoms with Gasteiger partial charge >= 0.3 is 0 Å². The van der Waals surface area contributed by atoms with Gasteiger partial charge in [0, 0.05) is 10.5 Å². The first-order valence-electron chi connectivity index (χ1n) is 5.87. The van der Waals surface area contributed by atoms with E-state index in [2.05, 4.69) is 15.9 Å². The third-order valence-electron chi connectivity index (χ3n) is 2.76. The highest BCUT2D eigenvalue weighted by Gasteiger charge is 2.14. The first-order valence-corrected chi connectivity index (χ1v) is 6.66. The van der Waals surface area contributed by atoms with E-state index in [4.69, 9.17) is 4.74 Å². The van der Waals surface area contributed by atoms with Crippen LogP contribution in [-0.4, -0.2) is 12.0 Å². The summed E-state index contributed by atoms with van der Waals surface area (Å²) in [5.41, 5.74) is 1.30. The van der Waals surface area contributed by atoms with Gasteiger partial charge in [-0.2, -0.15) is 0 Å². The molecule has 2 aromatic carbocycles. The van der Waals surface area contributed by atoms with Crippen molar-refractivity contribution in [1.29, 1.82) is 0 Å². The van der Waals surface area contributed by atoms with E-state index in [-0.39, 0.29) is 10.6 Å². The number of methoxy groups -OCH3 is 1. The second-order valence-corrected chi connectivity index (χ2v) is 4.89. The molecule has 2 aromatic rings. The van der Waals surface area contributed by atoms with Gasteiger partial charge < -0.3 is 4.74 Å². The van der Waals surface area contributed by atoms with E-state index in [1.165, 1.54) is 6.08 Å². The minimum absolute atomic E-state index is 0.0413. The van der Waals surface area contributed by atoms with Gasteiger partial charge in [0.2, 0.25) is 0 Å². The van der Waals surface area contributed by atoms with Gasteiger partial charge in [0.1, 0.15) is 5.75 Å². The molecule has 0 saturated heterocycles. The molecule has 0 aliphatic heterocycles. The fourth-order valence-electron chi connectivity index (χ4n) is 1.76. The quantitative estimate of drug-likeness (QED) is 0.478. The van der Waals surface area contributed by atoms with Crippen LogP contribution in [0.15, 0.2) is 53.0 Å². The fourth-order valence-corrected chi connectivity index (χ4v) is 2.12. The largest absolute Gasteiger partial charge is 0.497 e. The Morgan fingerprint density at radius 1 is 1.25 bits per heavy atom. The second-order valence-electron chi connectivity index (χ2n) is 4.04. The average Bonchev–Trinajstić information content (AvgIpc) is 2.47. The third kappa shape index (κ3) is 3.24. The SMILES string of the molecule is COc1ccc(Br)c(/C=C(\c2ccccc2)[N+](=O)[O-])c1. The summed E-state index contributed by atoms with van der Waals surface area (Å²) in [7, 11) is 1.56. The highest BCUT2D eigenvalue weighted by Crippen LogP contribution is 2.27. The maximum atomic E-state index is 11.3. The third-order valence-corrected chi connectivity index (χ3v) is 3.48. The summed E-state index contributed by atoms with van der Waals surface area (Å²) in [6.07, 6.45) is 1.53. The molecule has 4 nitrogen and oxygen atoms in total. The van der Waals surface area contributed by atoms with Crippen LogP contribution in [0.1, 0.15) is 11.1 Å². The normalized spacial score (nSPS) is 11.2. The summed E-state index contributed by atoms with van der Waals surface area (Å²) < 4.78 is 5.91. The minimum atomic E-state index is -0.388. The van der Waals surface area contributed by atoms with E-state index >= 15 is 0 Å². The van der Waals surface area contributed by atoms with Crippen molar-refractivity contribution in [3.05, 3.63) is 74.2 Å². The lowest BCUT2D eigenvalue weighted by Crippen LogP contribution is -1.98. The first-order chi connectivity index (χ1) is 9.61. The van der Waals surface area contributed by atoms with Gasteiger partial charge in [-0.15, -0.1) is 0 Å². The predicted octanol–water partition coefficient (Wildman–Crippen LogP) is 4.23. The summed E-state index contributed by atoms with van der Waals surface area (Å²) in [6.45, 7) is 0. The van der Waals surface area contributed by atoms with Gasteiger partial charge in [0.15, 0.2) is 0 Å². The molecule has 0 heterocycles. The summed E-state index contributed by atoms with van der Waals surface area (Å²) >= 11 is 3.39. The summed E-state index contributed by atoms with van der Waals surface area (Å²) in [5.74, 6) is 0.648. The lowest BCUT2D eigenvalue weighted by atomic mass is 10.1. The molecule has 0 atom stereocenters. The Bertz CT molecular complexity index is 653. The average molecular weight is 334 g/mol. The van der Waals surface area contributed by atoms with Crippen LogP contribution in [0.2, 0.25) is 0 Å². The van der Waals surface area contributed by atoms with Gasteiger partial charge in [-0.1, -0.05) is 34.1 Å². The molecule has 0 spiro atoms. The Morgan fingerprint density at radius 3 is 2.55 bits per heavy atom. The predicted molar refractivity (Wildman–Crippen MR) is 82.0 cm³/mol. The van der Waals surface area contributed by atoms with Gasteiger partial charge in [-0.25, -0.2) is 0 Å². The number of nitrogens with zero attached hydrogens (tertiary/aromatic N) is 1. The van der Waals surface area contributed by atoms with Crippen molar-refractivity contribution in [3.63, 3.8) is 0 Å². The molecule has 0 unspecified atom stereocenters. The van der Waals surface area contributed by atoms with Gasteiger partial charge in [0.25, 0.3) is 5.70 Å². The Hall–Kier alpha value is -2.14. The number of benzene rings is 2. The molecule has 0 amide bonds. The highest BCUT2D eigenvalue weighted by molar-refractivity contribution is 9.10. The number of hydrogen-bond donors (Lipinski definition) is 0. The molecule has 0 radical (unpaired) electrons. The molecular weight excluding hydrogens is 322 g/mol. The summed E-state index contributed by atoms with van der Waals surface area (Å²) in [6, 6.07) is 14.1. The lowest BCUT2D eigenvalue weighted by Gasteiger charge is -2.04. The van der Waals surface area contributed by atoms with Crippen molar-refractivity contribution in [2.45, 2.75) is 0 Å². The van der Waals surface area contributed by atoms with Crippen LogP contribution in [0.3, 0.4) is 0 Å². The lowest BCUT2D eigenvalue weighted by molar-refractivity contribution is -0.374. The van der Waals surface area contributed by atoms with E-state index in [0.717, 1.165) is 4.47 Å². The molecular formula is C15H12BrNO3. The molecule has 0 bridgehead atoms. The Labute approximate surface area is 125 Å². The number of hydrogen-bond acceptors (Lipinski definition) is 3. The molecule has 2 rings (SSSR count). The van der Waals surface area contributed by atoms with E-state index < -0.39 is 0 Å². The van der Waals surface area contributed by atoms with Crippen molar-refractivity contribution >= 4 is 27.7 Å². The fraction of sp³-hybridized carbons (Fsp3) is 0.0667. The van der Waals surface area contributed by atoms with E-state index in [9.17, 15) is 10.1 Å². The van der Waals surface area contributed by atoms with Crippen LogP contribution in [0, 0.1) is 10.1 Å². The standard InChI is InChI=1S/C15H12BrNO3/c1-20-13-7-8-14(16)12(9-13)10-15(17(18)19)11-5-3-2-4-6-11/h2-10H,1H3/b15-10+. The van der Waals surface area contributed by atoms with E-state index in [1.54, 1.807) is 49.6 Å². The van der Waals surface area contributed by atoms with E-state index in [1.807, 2.05) is 6.07 Å². The van der Waals surface area contributed by atoms with Crippen molar-refractivity contribution in [1.82, 2.24) is 0 Å². The van der Waals surface area contributed by atoms with Crippen molar-refractivity contribution in [2.75, 3.05) is 7.11 Å². The van der Waals surface area contributed by atoms with Crippen molar-refractivity contribution in [3.8, 4) is 5.75 Å². The Morgan fingerprint density at radius 2 is 1.95 bits per heavy atom. The van der Waals surface area contributed by atoms with Crippen LogP contribution in [-0.2, 0) is 0 Å². The zero-order chi connectivity index (χ0) is 14.5. The van der Waals surface area contributed by atoms with Gasteiger partial charge in [-0.3, -0.25) is 10.1 Å². The molecule has 0 aliphatic rings. The zero-order valence-corrected chi connectivity index (χ0v) is 12.3.